The van der Waals surface area contributed by atoms with Crippen molar-refractivity contribution < 1.29 is 4.79 Å². The van der Waals surface area contributed by atoms with E-state index in [1.807, 2.05) is 24.3 Å². The third-order valence-electron chi connectivity index (χ3n) is 2.74. The van der Waals surface area contributed by atoms with Crippen molar-refractivity contribution in [2.24, 2.45) is 0 Å². The molecule has 0 radical (unpaired) electrons. The second kappa shape index (κ2) is 5.15. The predicted molar refractivity (Wildman–Crippen MR) is 79.4 cm³/mol. The van der Waals surface area contributed by atoms with Crippen LogP contribution in [-0.4, -0.2) is 20.2 Å². The highest BCUT2D eigenvalue weighted by Gasteiger charge is 2.14. The molecule has 1 N–H and O–H groups in total. The first-order chi connectivity index (χ1) is 9.65. The number of aromatic nitrogens is 3. The monoisotopic (exact) mass is 304 g/mol. The number of anilines is 1. The maximum absolute atomic E-state index is 12.3. The summed E-state index contributed by atoms with van der Waals surface area (Å²) in [6.07, 6.45) is 1.47. The van der Waals surface area contributed by atoms with E-state index in [1.165, 1.54) is 6.20 Å². The average Bonchev–Trinajstić information content (AvgIpc) is 2.84. The lowest BCUT2D eigenvalue weighted by molar-refractivity contribution is 0.102. The van der Waals surface area contributed by atoms with Gasteiger partial charge in [-0.1, -0.05) is 35.9 Å². The minimum Gasteiger partial charge on any atom is -0.297 e. The Balaban J connectivity index is 2.01. The maximum atomic E-state index is 12.3. The zero-order chi connectivity index (χ0) is 14.1. The number of pyridine rings is 1. The summed E-state index contributed by atoms with van der Waals surface area (Å²) >= 11 is 7.18. The van der Waals surface area contributed by atoms with Crippen molar-refractivity contribution in [3.05, 3.63) is 47.0 Å². The first-order valence-corrected chi connectivity index (χ1v) is 6.95. The van der Waals surface area contributed by atoms with Gasteiger partial charge in [-0.25, -0.2) is 9.97 Å². The lowest BCUT2D eigenvalue weighted by atomic mass is 10.1. The third kappa shape index (κ3) is 2.35. The molecule has 20 heavy (non-hydrogen) atoms. The van der Waals surface area contributed by atoms with Crippen molar-refractivity contribution >= 4 is 44.9 Å². The number of nitrogens with one attached hydrogen (secondary N) is 1. The van der Waals surface area contributed by atoms with Crippen LogP contribution in [0.5, 0.6) is 0 Å². The smallest absolute Gasteiger partial charge is 0.259 e. The minimum atomic E-state index is -0.276. The van der Waals surface area contributed by atoms with E-state index in [2.05, 4.69) is 19.7 Å². The Hall–Kier alpha value is -2.05. The molecule has 100 valence electrons. The van der Waals surface area contributed by atoms with E-state index in [1.54, 1.807) is 6.92 Å². The second-order valence-electron chi connectivity index (χ2n) is 4.11. The molecule has 2 aromatic heterocycles. The van der Waals surface area contributed by atoms with Crippen LogP contribution < -0.4 is 5.32 Å². The summed E-state index contributed by atoms with van der Waals surface area (Å²) in [6, 6.07) is 7.37. The number of benzene rings is 1. The number of nitrogens with zero attached hydrogens (tertiary/aromatic N) is 3. The number of hydrogen-bond donors (Lipinski definition) is 1. The third-order valence-corrected chi connectivity index (χ3v) is 3.76. The van der Waals surface area contributed by atoms with Crippen LogP contribution in [0.25, 0.3) is 10.8 Å². The highest BCUT2D eigenvalue weighted by atomic mass is 35.5. The van der Waals surface area contributed by atoms with Gasteiger partial charge in [0.25, 0.3) is 5.91 Å². The van der Waals surface area contributed by atoms with Gasteiger partial charge in [0.05, 0.1) is 5.56 Å². The molecule has 3 aromatic rings. The molecule has 0 saturated heterocycles. The summed E-state index contributed by atoms with van der Waals surface area (Å²) in [5.41, 5.74) is 0.456. The number of carbonyl (C=O) groups excluding carboxylic acids is 1. The average molecular weight is 305 g/mol. The number of aryl methyl sites for hydroxylation is 1. The molecule has 0 atom stereocenters. The van der Waals surface area contributed by atoms with Crippen LogP contribution in [-0.2, 0) is 0 Å². The zero-order valence-electron chi connectivity index (χ0n) is 10.4. The van der Waals surface area contributed by atoms with Crippen LogP contribution >= 0.6 is 23.1 Å². The number of amides is 1. The van der Waals surface area contributed by atoms with E-state index in [0.29, 0.717) is 21.7 Å². The lowest BCUT2D eigenvalue weighted by Gasteiger charge is -2.06. The first-order valence-electron chi connectivity index (χ1n) is 5.80. The van der Waals surface area contributed by atoms with Crippen molar-refractivity contribution in [3.63, 3.8) is 0 Å². The Bertz CT molecular complexity index is 802. The van der Waals surface area contributed by atoms with E-state index in [-0.39, 0.29) is 5.91 Å². The van der Waals surface area contributed by atoms with Crippen molar-refractivity contribution in [2.45, 2.75) is 6.92 Å². The van der Waals surface area contributed by atoms with Gasteiger partial charge in [0.2, 0.25) is 5.13 Å². The topological polar surface area (TPSA) is 67.8 Å². The Kier molecular flexibility index (Phi) is 3.33. The summed E-state index contributed by atoms with van der Waals surface area (Å²) in [7, 11) is 0. The molecular weight excluding hydrogens is 296 g/mol. The van der Waals surface area contributed by atoms with Crippen molar-refractivity contribution in [2.75, 3.05) is 5.32 Å². The normalized spacial score (nSPS) is 10.7. The molecule has 0 aliphatic carbocycles. The molecule has 0 saturated carbocycles. The fourth-order valence-electron chi connectivity index (χ4n) is 1.85. The standard InChI is InChI=1S/C13H9ClN4OS/c1-7-16-13(20-18-7)17-12(19)10-6-15-11(14)9-5-3-2-4-8(9)10/h2-6H,1H3,(H,16,17,18,19). The summed E-state index contributed by atoms with van der Waals surface area (Å²) in [4.78, 5) is 20.4. The highest BCUT2D eigenvalue weighted by Crippen LogP contribution is 2.25. The summed E-state index contributed by atoms with van der Waals surface area (Å²) in [5, 5.41) is 5.06. The largest absolute Gasteiger partial charge is 0.297 e. The van der Waals surface area contributed by atoms with E-state index in [0.717, 1.165) is 22.3 Å². The number of hydrogen-bond acceptors (Lipinski definition) is 5. The fourth-order valence-corrected chi connectivity index (χ4v) is 2.64. The number of carbonyl (C=O) groups is 1. The van der Waals surface area contributed by atoms with Crippen LogP contribution in [0.1, 0.15) is 16.2 Å². The Morgan fingerprint density at radius 2 is 2.05 bits per heavy atom. The van der Waals surface area contributed by atoms with Gasteiger partial charge in [-0.2, -0.15) is 4.37 Å². The highest BCUT2D eigenvalue weighted by molar-refractivity contribution is 7.09. The van der Waals surface area contributed by atoms with Gasteiger partial charge in [0.1, 0.15) is 11.0 Å². The zero-order valence-corrected chi connectivity index (χ0v) is 12.0. The van der Waals surface area contributed by atoms with Gasteiger partial charge in [-0.05, 0) is 12.3 Å². The molecule has 0 unspecified atom stereocenters. The molecule has 7 heteroatoms. The van der Waals surface area contributed by atoms with Gasteiger partial charge < -0.3 is 0 Å². The van der Waals surface area contributed by atoms with E-state index in [9.17, 15) is 4.79 Å². The van der Waals surface area contributed by atoms with Crippen LogP contribution in [0.3, 0.4) is 0 Å². The molecule has 0 aliphatic rings. The molecule has 1 aromatic carbocycles. The van der Waals surface area contributed by atoms with Crippen LogP contribution in [0.15, 0.2) is 30.5 Å². The molecule has 0 bridgehead atoms. The van der Waals surface area contributed by atoms with Gasteiger partial charge in [0.15, 0.2) is 0 Å². The van der Waals surface area contributed by atoms with Crippen molar-refractivity contribution in [1.82, 2.24) is 14.3 Å². The van der Waals surface area contributed by atoms with Crippen molar-refractivity contribution in [3.8, 4) is 0 Å². The van der Waals surface area contributed by atoms with Gasteiger partial charge in [-0.15, -0.1) is 0 Å². The van der Waals surface area contributed by atoms with Gasteiger partial charge in [0, 0.05) is 23.1 Å². The Morgan fingerprint density at radius 1 is 1.30 bits per heavy atom. The van der Waals surface area contributed by atoms with Crippen LogP contribution in [0.2, 0.25) is 5.15 Å². The number of fused-ring (bicyclic) bond motifs is 1. The lowest BCUT2D eigenvalue weighted by Crippen LogP contribution is -2.12. The maximum Gasteiger partial charge on any atom is 0.259 e. The molecule has 0 fully saturated rings. The molecule has 0 spiro atoms. The SMILES string of the molecule is Cc1nsc(NC(=O)c2cnc(Cl)c3ccccc23)n1. The molecule has 0 aliphatic heterocycles. The second-order valence-corrected chi connectivity index (χ2v) is 5.22. The summed E-state index contributed by atoms with van der Waals surface area (Å²) in [6.45, 7) is 1.77. The summed E-state index contributed by atoms with van der Waals surface area (Å²) in [5.74, 6) is 0.353. The fraction of sp³-hybridized carbons (Fsp3) is 0.0769. The quantitative estimate of drug-likeness (QED) is 0.738. The minimum absolute atomic E-state index is 0.276. The van der Waals surface area contributed by atoms with E-state index in [4.69, 9.17) is 11.6 Å². The first kappa shape index (κ1) is 13.0. The molecule has 2 heterocycles. The molecular formula is C13H9ClN4OS. The predicted octanol–water partition coefficient (Wildman–Crippen LogP) is 3.30. The van der Waals surface area contributed by atoms with Crippen LogP contribution in [0.4, 0.5) is 5.13 Å². The van der Waals surface area contributed by atoms with Gasteiger partial charge in [-0.3, -0.25) is 10.1 Å². The van der Waals surface area contributed by atoms with Gasteiger partial charge >= 0.3 is 0 Å². The van der Waals surface area contributed by atoms with Crippen LogP contribution in [0, 0.1) is 6.92 Å². The molecule has 3 rings (SSSR count). The number of rotatable bonds is 2. The van der Waals surface area contributed by atoms with Crippen molar-refractivity contribution in [1.29, 1.82) is 0 Å². The molecule has 1 amide bonds. The number of halogens is 1. The van der Waals surface area contributed by atoms with E-state index >= 15 is 0 Å². The summed E-state index contributed by atoms with van der Waals surface area (Å²) < 4.78 is 4.02. The van der Waals surface area contributed by atoms with E-state index < -0.39 is 0 Å². The Labute approximate surface area is 123 Å². The Morgan fingerprint density at radius 3 is 2.75 bits per heavy atom. The molecule has 5 nitrogen and oxygen atoms in total.